The maximum absolute atomic E-state index is 3.82. The van der Waals surface area contributed by atoms with Crippen LogP contribution in [0.5, 0.6) is 0 Å². The van der Waals surface area contributed by atoms with Crippen molar-refractivity contribution in [3.8, 4) is 0 Å². The lowest BCUT2D eigenvalue weighted by atomic mass is 9.81. The Hall–Kier alpha value is 1.92. The first kappa shape index (κ1) is 11.4. The molecule has 0 spiro atoms. The second kappa shape index (κ2) is 4.42. The van der Waals surface area contributed by atoms with Gasteiger partial charge in [-0.15, -0.1) is 0 Å². The van der Waals surface area contributed by atoms with E-state index in [4.69, 9.17) is 0 Å². The number of hydrogen-bond donors (Lipinski definition) is 0. The fourth-order valence-electron chi connectivity index (χ4n) is 2.96. The van der Waals surface area contributed by atoms with Crippen LogP contribution in [0.4, 0.5) is 0 Å². The van der Waals surface area contributed by atoms with Crippen LogP contribution in [-0.4, -0.2) is 20.3 Å². The summed E-state index contributed by atoms with van der Waals surface area (Å²) >= 11 is 14.9. The molecule has 0 amide bonds. The van der Waals surface area contributed by atoms with Crippen molar-refractivity contribution in [2.75, 3.05) is 10.7 Å². The molecule has 2 rings (SSSR count). The maximum atomic E-state index is 3.82. The highest BCUT2D eigenvalue weighted by molar-refractivity contribution is 9.12. The Balaban J connectivity index is 2.17. The van der Waals surface area contributed by atoms with Crippen LogP contribution in [0.3, 0.4) is 0 Å². The number of alkyl halides is 4. The molecule has 0 aromatic rings. The summed E-state index contributed by atoms with van der Waals surface area (Å²) in [5.74, 6) is 3.47. The normalized spacial score (nSPS) is 54.5. The first-order valence-corrected chi connectivity index (χ1v) is 8.68. The Morgan fingerprint density at radius 2 is 1.23 bits per heavy atom. The highest BCUT2D eigenvalue weighted by Gasteiger charge is 2.55. The summed E-state index contributed by atoms with van der Waals surface area (Å²) in [6.45, 7) is 0. The minimum atomic E-state index is 0.690. The van der Waals surface area contributed by atoms with Gasteiger partial charge in [-0.3, -0.25) is 0 Å². The number of halogens is 4. The Bertz CT molecular complexity index is 172. The molecule has 2 aliphatic carbocycles. The standard InChI is InChI=1S/C9H12Br4/c10-2-6-4-1-5(7(6)3-11)9(13)8(4)12/h4-9H,1-3H2/t4-,5+,6-,7-,8+,9+/m0/s1. The predicted octanol–water partition coefficient (Wildman–Crippen LogP) is 4.19. The largest absolute Gasteiger partial charge is 0.0925 e. The summed E-state index contributed by atoms with van der Waals surface area (Å²) < 4.78 is 0. The van der Waals surface area contributed by atoms with Gasteiger partial charge >= 0.3 is 0 Å². The van der Waals surface area contributed by atoms with E-state index in [0.717, 1.165) is 34.3 Å². The second-order valence-corrected chi connectivity index (χ2v) is 7.50. The van der Waals surface area contributed by atoms with Gasteiger partial charge < -0.3 is 0 Å². The van der Waals surface area contributed by atoms with Crippen molar-refractivity contribution in [3.63, 3.8) is 0 Å². The summed E-state index contributed by atoms with van der Waals surface area (Å²) in [6, 6.07) is 0. The van der Waals surface area contributed by atoms with E-state index in [1.807, 2.05) is 0 Å². The molecule has 0 N–H and O–H groups in total. The van der Waals surface area contributed by atoms with Crippen LogP contribution in [0.15, 0.2) is 0 Å². The highest BCUT2D eigenvalue weighted by Crippen LogP contribution is 2.57. The lowest BCUT2D eigenvalue weighted by Crippen LogP contribution is -2.37. The van der Waals surface area contributed by atoms with E-state index in [0.29, 0.717) is 9.65 Å². The fourth-order valence-corrected chi connectivity index (χ4v) is 6.88. The van der Waals surface area contributed by atoms with Crippen molar-refractivity contribution in [2.45, 2.75) is 16.1 Å². The molecule has 0 aromatic heterocycles. The topological polar surface area (TPSA) is 0 Å². The van der Waals surface area contributed by atoms with Gasteiger partial charge in [0.2, 0.25) is 0 Å². The lowest BCUT2D eigenvalue weighted by molar-refractivity contribution is 0.290. The summed E-state index contributed by atoms with van der Waals surface area (Å²) in [5, 5.41) is 2.32. The molecule has 0 radical (unpaired) electrons. The van der Waals surface area contributed by atoms with Crippen molar-refractivity contribution in [1.82, 2.24) is 0 Å². The van der Waals surface area contributed by atoms with Crippen LogP contribution in [0.25, 0.3) is 0 Å². The minimum Gasteiger partial charge on any atom is -0.0925 e. The third kappa shape index (κ3) is 1.72. The van der Waals surface area contributed by atoms with Crippen molar-refractivity contribution < 1.29 is 0 Å². The quantitative estimate of drug-likeness (QED) is 0.566. The molecular formula is C9H12Br4. The third-order valence-corrected chi connectivity index (χ3v) is 8.37. The van der Waals surface area contributed by atoms with E-state index >= 15 is 0 Å². The first-order valence-electron chi connectivity index (χ1n) is 4.60. The smallest absolute Gasteiger partial charge is 0.0305 e. The number of rotatable bonds is 2. The van der Waals surface area contributed by atoms with E-state index in [9.17, 15) is 0 Å². The molecule has 2 bridgehead atoms. The molecule has 76 valence electrons. The first-order chi connectivity index (χ1) is 6.20. The average Bonchev–Trinajstić information content (AvgIpc) is 2.63. The predicted molar refractivity (Wildman–Crippen MR) is 71.6 cm³/mol. The van der Waals surface area contributed by atoms with Crippen LogP contribution in [0, 0.1) is 23.7 Å². The summed E-state index contributed by atoms with van der Waals surface area (Å²) in [5.41, 5.74) is 0. The molecule has 2 saturated carbocycles. The highest BCUT2D eigenvalue weighted by atomic mass is 79.9. The third-order valence-electron chi connectivity index (χ3n) is 3.67. The Kier molecular flexibility index (Phi) is 3.88. The van der Waals surface area contributed by atoms with Crippen LogP contribution >= 0.6 is 63.7 Å². The maximum Gasteiger partial charge on any atom is 0.0305 e. The molecule has 0 aliphatic heterocycles. The van der Waals surface area contributed by atoms with Gasteiger partial charge in [0, 0.05) is 20.3 Å². The Morgan fingerprint density at radius 1 is 0.846 bits per heavy atom. The van der Waals surface area contributed by atoms with Crippen molar-refractivity contribution in [2.24, 2.45) is 23.7 Å². The monoisotopic (exact) mass is 436 g/mol. The molecule has 0 heterocycles. The van der Waals surface area contributed by atoms with Crippen LogP contribution < -0.4 is 0 Å². The summed E-state index contributed by atoms with van der Waals surface area (Å²) in [7, 11) is 0. The summed E-state index contributed by atoms with van der Waals surface area (Å²) in [6.07, 6.45) is 1.40. The van der Waals surface area contributed by atoms with E-state index < -0.39 is 0 Å². The molecule has 2 fully saturated rings. The molecule has 0 aromatic carbocycles. The Morgan fingerprint density at radius 3 is 1.54 bits per heavy atom. The molecule has 0 nitrogen and oxygen atoms in total. The zero-order chi connectivity index (χ0) is 9.59. The molecule has 6 atom stereocenters. The number of fused-ring (bicyclic) bond motifs is 2. The van der Waals surface area contributed by atoms with Gasteiger partial charge in [-0.25, -0.2) is 0 Å². The zero-order valence-corrected chi connectivity index (χ0v) is 13.4. The van der Waals surface area contributed by atoms with Gasteiger partial charge in [0.15, 0.2) is 0 Å². The number of hydrogen-bond acceptors (Lipinski definition) is 0. The zero-order valence-electron chi connectivity index (χ0n) is 7.10. The summed E-state index contributed by atoms with van der Waals surface area (Å²) in [4.78, 5) is 1.38. The van der Waals surface area contributed by atoms with Crippen LogP contribution in [0.2, 0.25) is 0 Å². The van der Waals surface area contributed by atoms with Crippen LogP contribution in [-0.2, 0) is 0 Å². The van der Waals surface area contributed by atoms with Crippen molar-refractivity contribution in [1.29, 1.82) is 0 Å². The molecular weight excluding hydrogens is 428 g/mol. The van der Waals surface area contributed by atoms with Gasteiger partial charge in [0.05, 0.1) is 0 Å². The molecule has 4 heteroatoms. The SMILES string of the molecule is BrC[C@@H]1[C@@H](CBr)[C@H]2C[C@@H]1[C@@H](Br)[C@@H]2Br. The minimum absolute atomic E-state index is 0.690. The molecule has 0 unspecified atom stereocenters. The van der Waals surface area contributed by atoms with Crippen molar-refractivity contribution in [3.05, 3.63) is 0 Å². The molecule has 2 aliphatic rings. The average molecular weight is 440 g/mol. The van der Waals surface area contributed by atoms with Gasteiger partial charge in [-0.2, -0.15) is 0 Å². The van der Waals surface area contributed by atoms with E-state index in [1.165, 1.54) is 6.42 Å². The fraction of sp³-hybridized carbons (Fsp3) is 1.00. The Labute approximate surface area is 113 Å². The second-order valence-electron chi connectivity index (χ2n) is 4.09. The van der Waals surface area contributed by atoms with Gasteiger partial charge in [0.1, 0.15) is 0 Å². The van der Waals surface area contributed by atoms with Gasteiger partial charge in [-0.05, 0) is 30.1 Å². The van der Waals surface area contributed by atoms with E-state index in [-0.39, 0.29) is 0 Å². The van der Waals surface area contributed by atoms with Crippen molar-refractivity contribution >= 4 is 63.7 Å². The van der Waals surface area contributed by atoms with Gasteiger partial charge in [-0.1, -0.05) is 63.7 Å². The molecule has 13 heavy (non-hydrogen) atoms. The lowest BCUT2D eigenvalue weighted by Gasteiger charge is -2.34. The van der Waals surface area contributed by atoms with E-state index in [1.54, 1.807) is 0 Å². The molecule has 0 saturated heterocycles. The van der Waals surface area contributed by atoms with Gasteiger partial charge in [0.25, 0.3) is 0 Å². The van der Waals surface area contributed by atoms with Crippen LogP contribution in [0.1, 0.15) is 6.42 Å². The van der Waals surface area contributed by atoms with E-state index in [2.05, 4.69) is 63.7 Å².